The van der Waals surface area contributed by atoms with Crippen LogP contribution in [0.3, 0.4) is 0 Å². The summed E-state index contributed by atoms with van der Waals surface area (Å²) in [5, 5.41) is 3.21. The molecule has 4 atom stereocenters. The fraction of sp³-hybridized carbons (Fsp3) is 0.421. The number of rotatable bonds is 4. The molecule has 3 fully saturated rings. The van der Waals surface area contributed by atoms with Crippen molar-refractivity contribution in [2.45, 2.75) is 31.8 Å². The molecule has 4 unspecified atom stereocenters. The van der Waals surface area contributed by atoms with Crippen LogP contribution < -0.4 is 10.1 Å². The van der Waals surface area contributed by atoms with E-state index in [-0.39, 0.29) is 11.9 Å². The molecule has 126 valence electrons. The first-order valence-electron chi connectivity index (χ1n) is 8.55. The largest absolute Gasteiger partial charge is 0.434 e. The van der Waals surface area contributed by atoms with Gasteiger partial charge in [-0.05, 0) is 62.6 Å². The van der Waals surface area contributed by atoms with E-state index in [9.17, 15) is 4.79 Å². The number of piperidine rings is 3. The molecule has 5 rings (SSSR count). The highest BCUT2D eigenvalue weighted by Gasteiger charge is 2.38. The van der Waals surface area contributed by atoms with Gasteiger partial charge in [0, 0.05) is 30.3 Å². The number of nitrogens with one attached hydrogen (secondary N) is 1. The number of carbonyl (C=O) groups is 1. The lowest BCUT2D eigenvalue weighted by Crippen LogP contribution is -2.60. The molecule has 1 amide bonds. The number of benzene rings is 1. The SMILES string of the molecule is CC1CC2CCN1CC2NC(=O)c1ccc(Oc2ccco2)cc1. The van der Waals surface area contributed by atoms with Gasteiger partial charge in [0.15, 0.2) is 0 Å². The van der Waals surface area contributed by atoms with E-state index >= 15 is 0 Å². The van der Waals surface area contributed by atoms with Crippen molar-refractivity contribution < 1.29 is 13.9 Å². The van der Waals surface area contributed by atoms with Gasteiger partial charge in [-0.15, -0.1) is 0 Å². The predicted octanol–water partition coefficient (Wildman–Crippen LogP) is 3.28. The molecule has 5 nitrogen and oxygen atoms in total. The number of nitrogens with zero attached hydrogens (tertiary/aromatic N) is 1. The summed E-state index contributed by atoms with van der Waals surface area (Å²) in [4.78, 5) is 15.0. The molecule has 24 heavy (non-hydrogen) atoms. The highest BCUT2D eigenvalue weighted by molar-refractivity contribution is 5.94. The van der Waals surface area contributed by atoms with E-state index in [0.717, 1.165) is 13.1 Å². The first-order valence-corrected chi connectivity index (χ1v) is 8.55. The van der Waals surface area contributed by atoms with Crippen LogP contribution in [0.4, 0.5) is 0 Å². The van der Waals surface area contributed by atoms with Crippen LogP contribution >= 0.6 is 0 Å². The van der Waals surface area contributed by atoms with Crippen molar-refractivity contribution in [1.29, 1.82) is 0 Å². The second kappa shape index (κ2) is 6.32. The maximum atomic E-state index is 12.5. The Hall–Kier alpha value is -2.27. The number of amides is 1. The van der Waals surface area contributed by atoms with Gasteiger partial charge < -0.3 is 14.5 Å². The van der Waals surface area contributed by atoms with E-state index in [4.69, 9.17) is 9.15 Å². The summed E-state index contributed by atoms with van der Waals surface area (Å²) in [6.07, 6.45) is 3.93. The molecule has 1 aromatic heterocycles. The van der Waals surface area contributed by atoms with Crippen LogP contribution in [0.25, 0.3) is 0 Å². The first-order chi connectivity index (χ1) is 11.7. The summed E-state index contributed by atoms with van der Waals surface area (Å²) in [5.41, 5.74) is 0.659. The van der Waals surface area contributed by atoms with Gasteiger partial charge in [0.2, 0.25) is 0 Å². The van der Waals surface area contributed by atoms with E-state index in [1.165, 1.54) is 12.8 Å². The molecule has 0 radical (unpaired) electrons. The molecule has 1 aromatic carbocycles. The summed E-state index contributed by atoms with van der Waals surface area (Å²) < 4.78 is 10.7. The molecule has 3 aliphatic rings. The van der Waals surface area contributed by atoms with E-state index in [0.29, 0.717) is 29.2 Å². The van der Waals surface area contributed by atoms with Crippen LogP contribution in [0.5, 0.6) is 11.7 Å². The lowest BCUT2D eigenvalue weighted by atomic mass is 9.80. The summed E-state index contributed by atoms with van der Waals surface area (Å²) in [6, 6.07) is 11.6. The molecule has 0 spiro atoms. The van der Waals surface area contributed by atoms with Crippen molar-refractivity contribution in [2.24, 2.45) is 5.92 Å². The fourth-order valence-electron chi connectivity index (χ4n) is 3.82. The van der Waals surface area contributed by atoms with E-state index in [1.807, 2.05) is 0 Å². The number of furan rings is 1. The Labute approximate surface area is 141 Å². The van der Waals surface area contributed by atoms with E-state index in [1.54, 1.807) is 42.7 Å². The maximum absolute atomic E-state index is 12.5. The Bertz CT molecular complexity index is 696. The normalized spacial score (nSPS) is 28.5. The van der Waals surface area contributed by atoms with Crippen LogP contribution in [0, 0.1) is 5.92 Å². The molecule has 3 saturated heterocycles. The van der Waals surface area contributed by atoms with Crippen molar-refractivity contribution in [1.82, 2.24) is 10.2 Å². The van der Waals surface area contributed by atoms with Crippen LogP contribution in [0.1, 0.15) is 30.1 Å². The molecule has 3 aliphatic heterocycles. The Kier molecular flexibility index (Phi) is 4.02. The van der Waals surface area contributed by atoms with Crippen molar-refractivity contribution in [3.8, 4) is 11.7 Å². The molecule has 5 heteroatoms. The fourth-order valence-corrected chi connectivity index (χ4v) is 3.82. The average molecular weight is 326 g/mol. The summed E-state index contributed by atoms with van der Waals surface area (Å²) >= 11 is 0. The molecule has 0 saturated carbocycles. The minimum Gasteiger partial charge on any atom is -0.434 e. The zero-order chi connectivity index (χ0) is 16.5. The Morgan fingerprint density at radius 2 is 2.12 bits per heavy atom. The third kappa shape index (κ3) is 3.04. The van der Waals surface area contributed by atoms with Crippen molar-refractivity contribution in [2.75, 3.05) is 13.1 Å². The zero-order valence-corrected chi connectivity index (χ0v) is 13.8. The summed E-state index contributed by atoms with van der Waals surface area (Å²) in [7, 11) is 0. The molecule has 0 aliphatic carbocycles. The monoisotopic (exact) mass is 326 g/mol. The quantitative estimate of drug-likeness (QED) is 0.937. The first kappa shape index (κ1) is 15.3. The standard InChI is InChI=1S/C19H22N2O3/c1-13-11-15-8-9-21(13)12-17(15)20-19(22)14-4-6-16(7-5-14)24-18-3-2-10-23-18/h2-7,10,13,15,17H,8-9,11-12H2,1H3,(H,20,22). The van der Waals surface area contributed by atoms with Gasteiger partial charge in [-0.2, -0.15) is 0 Å². The van der Waals surface area contributed by atoms with Gasteiger partial charge in [0.25, 0.3) is 11.9 Å². The lowest BCUT2D eigenvalue weighted by Gasteiger charge is -2.48. The van der Waals surface area contributed by atoms with Crippen molar-refractivity contribution in [3.05, 3.63) is 48.2 Å². The number of carbonyl (C=O) groups excluding carboxylic acids is 1. The highest BCUT2D eigenvalue weighted by Crippen LogP contribution is 2.32. The predicted molar refractivity (Wildman–Crippen MR) is 90.2 cm³/mol. The number of hydrogen-bond donors (Lipinski definition) is 1. The average Bonchev–Trinajstić information content (AvgIpc) is 3.09. The van der Waals surface area contributed by atoms with E-state index in [2.05, 4.69) is 17.1 Å². The molecule has 1 N–H and O–H groups in total. The van der Waals surface area contributed by atoms with Gasteiger partial charge in [0.05, 0.1) is 6.26 Å². The third-order valence-corrected chi connectivity index (χ3v) is 5.20. The van der Waals surface area contributed by atoms with Crippen LogP contribution in [0.2, 0.25) is 0 Å². The highest BCUT2D eigenvalue weighted by atomic mass is 16.6. The topological polar surface area (TPSA) is 54.7 Å². The van der Waals surface area contributed by atoms with Crippen LogP contribution in [-0.4, -0.2) is 36.0 Å². The van der Waals surface area contributed by atoms with Gasteiger partial charge in [-0.3, -0.25) is 9.69 Å². The Morgan fingerprint density at radius 1 is 1.29 bits per heavy atom. The number of ether oxygens (including phenoxy) is 1. The maximum Gasteiger partial charge on any atom is 0.289 e. The molecule has 2 aromatic rings. The second-order valence-electron chi connectivity index (χ2n) is 6.77. The second-order valence-corrected chi connectivity index (χ2v) is 6.77. The Balaban J connectivity index is 1.38. The van der Waals surface area contributed by atoms with Gasteiger partial charge in [0.1, 0.15) is 5.75 Å². The number of hydrogen-bond acceptors (Lipinski definition) is 4. The van der Waals surface area contributed by atoms with Crippen LogP contribution in [-0.2, 0) is 0 Å². The Morgan fingerprint density at radius 3 is 2.75 bits per heavy atom. The molecular weight excluding hydrogens is 304 g/mol. The van der Waals surface area contributed by atoms with Gasteiger partial charge >= 0.3 is 0 Å². The molecule has 4 heterocycles. The summed E-state index contributed by atoms with van der Waals surface area (Å²) in [6.45, 7) is 4.41. The van der Waals surface area contributed by atoms with Gasteiger partial charge in [-0.25, -0.2) is 0 Å². The number of fused-ring (bicyclic) bond motifs is 3. The minimum atomic E-state index is -0.00838. The minimum absolute atomic E-state index is 0.00838. The van der Waals surface area contributed by atoms with Crippen molar-refractivity contribution >= 4 is 5.91 Å². The zero-order valence-electron chi connectivity index (χ0n) is 13.8. The molecular formula is C19H22N2O3. The molecule has 2 bridgehead atoms. The van der Waals surface area contributed by atoms with Crippen LogP contribution in [0.15, 0.2) is 47.1 Å². The third-order valence-electron chi connectivity index (χ3n) is 5.20. The summed E-state index contributed by atoms with van der Waals surface area (Å²) in [5.74, 6) is 1.69. The van der Waals surface area contributed by atoms with E-state index < -0.39 is 0 Å². The smallest absolute Gasteiger partial charge is 0.289 e. The van der Waals surface area contributed by atoms with Gasteiger partial charge in [-0.1, -0.05) is 0 Å². The van der Waals surface area contributed by atoms with Crippen molar-refractivity contribution in [3.63, 3.8) is 0 Å². The lowest BCUT2D eigenvalue weighted by molar-refractivity contribution is 0.0274.